The van der Waals surface area contributed by atoms with Gasteiger partial charge in [0.05, 0.1) is 6.61 Å². The predicted molar refractivity (Wildman–Crippen MR) is 43.3 cm³/mol. The summed E-state index contributed by atoms with van der Waals surface area (Å²) in [5, 5.41) is 8.70. The van der Waals surface area contributed by atoms with Crippen molar-refractivity contribution in [2.45, 2.75) is 6.92 Å². The quantitative estimate of drug-likeness (QED) is 0.572. The number of hydrogen-bond acceptors (Lipinski definition) is 2. The van der Waals surface area contributed by atoms with Crippen LogP contribution in [0.15, 0.2) is 36.1 Å². The third kappa shape index (κ3) is 3.10. The summed E-state index contributed by atoms with van der Waals surface area (Å²) in [6.45, 7) is 5.22. The van der Waals surface area contributed by atoms with E-state index < -0.39 is 0 Å². The van der Waals surface area contributed by atoms with Crippen LogP contribution in [0.1, 0.15) is 6.92 Å². The molecule has 0 spiro atoms. The van der Waals surface area contributed by atoms with Crippen LogP contribution in [0.2, 0.25) is 0 Å². The van der Waals surface area contributed by atoms with Crippen LogP contribution in [0, 0.1) is 0 Å². The van der Waals surface area contributed by atoms with E-state index in [1.54, 1.807) is 25.2 Å². The average molecular weight is 139 g/mol. The Morgan fingerprint density at radius 3 is 2.60 bits per heavy atom. The molecule has 2 nitrogen and oxygen atoms in total. The summed E-state index contributed by atoms with van der Waals surface area (Å²) in [7, 11) is 0. The third-order valence-corrected chi connectivity index (χ3v) is 1.11. The van der Waals surface area contributed by atoms with Crippen LogP contribution in [0.5, 0.6) is 0 Å². The normalized spacial score (nSPS) is 13.4. The molecule has 3 N–H and O–H groups in total. The first-order valence-corrected chi connectivity index (χ1v) is 3.07. The van der Waals surface area contributed by atoms with Gasteiger partial charge in [-0.15, -0.1) is 0 Å². The van der Waals surface area contributed by atoms with E-state index >= 15 is 0 Å². The maximum atomic E-state index is 8.70. The van der Waals surface area contributed by atoms with E-state index in [9.17, 15) is 0 Å². The topological polar surface area (TPSA) is 46.2 Å². The summed E-state index contributed by atoms with van der Waals surface area (Å²) >= 11 is 0. The first kappa shape index (κ1) is 8.98. The van der Waals surface area contributed by atoms with Crippen LogP contribution >= 0.6 is 0 Å². The van der Waals surface area contributed by atoms with Crippen molar-refractivity contribution in [1.82, 2.24) is 0 Å². The fourth-order valence-electron chi connectivity index (χ4n) is 0.493. The van der Waals surface area contributed by atoms with E-state index in [2.05, 4.69) is 6.58 Å². The second-order valence-corrected chi connectivity index (χ2v) is 1.96. The van der Waals surface area contributed by atoms with Gasteiger partial charge in [-0.3, -0.25) is 0 Å². The van der Waals surface area contributed by atoms with Crippen molar-refractivity contribution in [2.75, 3.05) is 6.61 Å². The van der Waals surface area contributed by atoms with Crippen LogP contribution < -0.4 is 5.73 Å². The Morgan fingerprint density at radius 2 is 2.30 bits per heavy atom. The fourth-order valence-corrected chi connectivity index (χ4v) is 0.493. The van der Waals surface area contributed by atoms with Crippen molar-refractivity contribution in [3.8, 4) is 0 Å². The molecule has 0 saturated carbocycles. The zero-order chi connectivity index (χ0) is 7.98. The number of rotatable bonds is 3. The van der Waals surface area contributed by atoms with Gasteiger partial charge in [-0.2, -0.15) is 0 Å². The molecule has 0 aliphatic heterocycles. The first-order valence-electron chi connectivity index (χ1n) is 3.07. The number of allylic oxidation sites excluding steroid dienone is 3. The van der Waals surface area contributed by atoms with E-state index in [4.69, 9.17) is 10.8 Å². The maximum absolute atomic E-state index is 8.70. The SMILES string of the molecule is C=C/C=C\C(CO)=C(/C)N. The molecule has 56 valence electrons. The summed E-state index contributed by atoms with van der Waals surface area (Å²) in [5.74, 6) is 0. The minimum atomic E-state index is -0.0212. The standard InChI is InChI=1S/C8H13NO/c1-3-4-5-8(6-10)7(2)9/h3-5,10H,1,6,9H2,2H3/b5-4-,8-7-. The van der Waals surface area contributed by atoms with Crippen molar-refractivity contribution in [1.29, 1.82) is 0 Å². The lowest BCUT2D eigenvalue weighted by Gasteiger charge is -1.97. The molecule has 0 aromatic rings. The van der Waals surface area contributed by atoms with E-state index in [-0.39, 0.29) is 6.61 Å². The third-order valence-electron chi connectivity index (χ3n) is 1.11. The van der Waals surface area contributed by atoms with Gasteiger partial charge in [-0.1, -0.05) is 24.8 Å². The Bertz CT molecular complexity index is 164. The number of hydrogen-bond donors (Lipinski definition) is 2. The second-order valence-electron chi connectivity index (χ2n) is 1.96. The molecule has 10 heavy (non-hydrogen) atoms. The van der Waals surface area contributed by atoms with Crippen molar-refractivity contribution < 1.29 is 5.11 Å². The van der Waals surface area contributed by atoms with E-state index in [0.717, 1.165) is 5.57 Å². The van der Waals surface area contributed by atoms with Crippen LogP contribution in [0.25, 0.3) is 0 Å². The molecule has 0 radical (unpaired) electrons. The lowest BCUT2D eigenvalue weighted by atomic mass is 10.2. The number of aliphatic hydroxyl groups excluding tert-OH is 1. The van der Waals surface area contributed by atoms with Crippen molar-refractivity contribution in [2.24, 2.45) is 5.73 Å². The molecule has 0 aromatic carbocycles. The smallest absolute Gasteiger partial charge is 0.0698 e. The van der Waals surface area contributed by atoms with Gasteiger partial charge in [0.2, 0.25) is 0 Å². The molecule has 0 aliphatic carbocycles. The zero-order valence-electron chi connectivity index (χ0n) is 6.17. The number of aliphatic hydroxyl groups is 1. The lowest BCUT2D eigenvalue weighted by Crippen LogP contribution is -1.99. The van der Waals surface area contributed by atoms with Gasteiger partial charge in [-0.05, 0) is 12.5 Å². The molecule has 2 heteroatoms. The molecular weight excluding hydrogens is 126 g/mol. The predicted octanol–water partition coefficient (Wildman–Crippen LogP) is 0.954. The molecular formula is C8H13NO. The Kier molecular flexibility index (Phi) is 4.33. The lowest BCUT2D eigenvalue weighted by molar-refractivity contribution is 0.333. The molecule has 0 fully saturated rings. The molecule has 0 unspecified atom stereocenters. The summed E-state index contributed by atoms with van der Waals surface area (Å²) in [6.07, 6.45) is 5.11. The number of nitrogens with two attached hydrogens (primary N) is 1. The van der Waals surface area contributed by atoms with Crippen LogP contribution in [0.3, 0.4) is 0 Å². The van der Waals surface area contributed by atoms with Gasteiger partial charge in [0.1, 0.15) is 0 Å². The van der Waals surface area contributed by atoms with Gasteiger partial charge in [0.15, 0.2) is 0 Å². The molecule has 0 saturated heterocycles. The van der Waals surface area contributed by atoms with Gasteiger partial charge >= 0.3 is 0 Å². The molecule has 0 bridgehead atoms. The average Bonchev–Trinajstić information content (AvgIpc) is 1.89. The highest BCUT2D eigenvalue weighted by Gasteiger charge is 1.90. The minimum Gasteiger partial charge on any atom is -0.402 e. The minimum absolute atomic E-state index is 0.0212. The van der Waals surface area contributed by atoms with Crippen LogP contribution in [-0.2, 0) is 0 Å². The van der Waals surface area contributed by atoms with Crippen molar-refractivity contribution >= 4 is 0 Å². The second kappa shape index (κ2) is 4.82. The van der Waals surface area contributed by atoms with Gasteiger partial charge in [0, 0.05) is 5.70 Å². The van der Waals surface area contributed by atoms with Gasteiger partial charge in [-0.25, -0.2) is 0 Å². The molecule has 0 rings (SSSR count). The summed E-state index contributed by atoms with van der Waals surface area (Å²) in [4.78, 5) is 0. The summed E-state index contributed by atoms with van der Waals surface area (Å²) in [6, 6.07) is 0. The maximum Gasteiger partial charge on any atom is 0.0698 e. The van der Waals surface area contributed by atoms with E-state index in [0.29, 0.717) is 5.70 Å². The monoisotopic (exact) mass is 139 g/mol. The van der Waals surface area contributed by atoms with Gasteiger partial charge < -0.3 is 10.8 Å². The van der Waals surface area contributed by atoms with Crippen molar-refractivity contribution in [3.63, 3.8) is 0 Å². The highest BCUT2D eigenvalue weighted by Crippen LogP contribution is 1.98. The Balaban J connectivity index is 4.23. The summed E-state index contributed by atoms with van der Waals surface area (Å²) < 4.78 is 0. The highest BCUT2D eigenvalue weighted by atomic mass is 16.3. The Labute approximate surface area is 61.4 Å². The van der Waals surface area contributed by atoms with Crippen molar-refractivity contribution in [3.05, 3.63) is 36.1 Å². The van der Waals surface area contributed by atoms with Crippen LogP contribution in [-0.4, -0.2) is 11.7 Å². The van der Waals surface area contributed by atoms with E-state index in [1.165, 1.54) is 0 Å². The molecule has 0 heterocycles. The largest absolute Gasteiger partial charge is 0.402 e. The first-order chi connectivity index (χ1) is 4.72. The highest BCUT2D eigenvalue weighted by molar-refractivity contribution is 5.25. The fraction of sp³-hybridized carbons (Fsp3) is 0.250. The summed E-state index contributed by atoms with van der Waals surface area (Å²) in [5.41, 5.74) is 6.80. The Hall–Kier alpha value is -1.02. The molecule has 0 aliphatic rings. The molecule has 0 aromatic heterocycles. The molecule has 0 atom stereocenters. The van der Waals surface area contributed by atoms with Crippen LogP contribution in [0.4, 0.5) is 0 Å². The van der Waals surface area contributed by atoms with E-state index in [1.807, 2.05) is 0 Å². The Morgan fingerprint density at radius 1 is 1.70 bits per heavy atom. The van der Waals surface area contributed by atoms with Gasteiger partial charge in [0.25, 0.3) is 0 Å². The molecule has 0 amide bonds. The zero-order valence-corrected chi connectivity index (χ0v) is 6.17.